The molecule has 0 atom stereocenters. The van der Waals surface area contributed by atoms with E-state index in [9.17, 15) is 0 Å². The van der Waals surface area contributed by atoms with Gasteiger partial charge in [-0.1, -0.05) is 30.9 Å². The molecule has 2 aromatic rings. The van der Waals surface area contributed by atoms with Crippen molar-refractivity contribution in [2.45, 2.75) is 6.92 Å². The second-order valence-electron chi connectivity index (χ2n) is 3.16. The largest absolute Gasteiger partial charge is 0.357 e. The van der Waals surface area contributed by atoms with Crippen LogP contribution >= 0.6 is 0 Å². The first-order chi connectivity index (χ1) is 6.83. The van der Waals surface area contributed by atoms with Crippen molar-refractivity contribution in [1.29, 1.82) is 0 Å². The van der Waals surface area contributed by atoms with Crippen LogP contribution in [0, 0.1) is 6.92 Å². The van der Waals surface area contributed by atoms with Gasteiger partial charge in [-0.25, -0.2) is 0 Å². The number of rotatable bonds is 2. The van der Waals surface area contributed by atoms with Crippen molar-refractivity contribution in [2.24, 2.45) is 4.99 Å². The number of fused-ring (bicyclic) bond motifs is 1. The first-order valence-corrected chi connectivity index (χ1v) is 4.55. The first kappa shape index (κ1) is 8.75. The normalized spacial score (nSPS) is 11.2. The lowest BCUT2D eigenvalue weighted by atomic mass is 10.2. The van der Waals surface area contributed by atoms with Crippen LogP contribution in [0.2, 0.25) is 0 Å². The summed E-state index contributed by atoms with van der Waals surface area (Å²) >= 11 is 0. The number of hydrogen-bond acceptors (Lipinski definition) is 1. The van der Waals surface area contributed by atoms with E-state index < -0.39 is 0 Å². The Hall–Kier alpha value is -1.83. The molecule has 0 aliphatic carbocycles. The van der Waals surface area contributed by atoms with Crippen molar-refractivity contribution in [3.63, 3.8) is 0 Å². The van der Waals surface area contributed by atoms with E-state index in [1.165, 1.54) is 0 Å². The molecule has 0 fully saturated rings. The summed E-state index contributed by atoms with van der Waals surface area (Å²) in [7, 11) is 0. The maximum atomic E-state index is 4.34. The molecular weight excluding hydrogens is 172 g/mol. The zero-order valence-corrected chi connectivity index (χ0v) is 8.12. The van der Waals surface area contributed by atoms with Gasteiger partial charge in [0.05, 0.1) is 5.69 Å². The minimum Gasteiger partial charge on any atom is -0.357 e. The van der Waals surface area contributed by atoms with Gasteiger partial charge < -0.3 is 4.98 Å². The number of allylic oxidation sites excluding steroid dienone is 1. The third-order valence-electron chi connectivity index (χ3n) is 2.17. The Morgan fingerprint density at radius 1 is 1.36 bits per heavy atom. The minimum atomic E-state index is 1.00. The molecule has 0 spiro atoms. The van der Waals surface area contributed by atoms with Gasteiger partial charge in [0, 0.05) is 22.8 Å². The molecule has 0 saturated carbocycles. The summed E-state index contributed by atoms with van der Waals surface area (Å²) in [6.45, 7) is 5.63. The number of H-pyrrole nitrogens is 1. The quantitative estimate of drug-likeness (QED) is 0.693. The number of hydrogen-bond donors (Lipinski definition) is 1. The molecule has 0 aliphatic heterocycles. The van der Waals surface area contributed by atoms with Crippen LogP contribution in [-0.2, 0) is 0 Å². The van der Waals surface area contributed by atoms with Crippen molar-refractivity contribution < 1.29 is 0 Å². The molecule has 2 heteroatoms. The van der Waals surface area contributed by atoms with Gasteiger partial charge >= 0.3 is 0 Å². The summed E-state index contributed by atoms with van der Waals surface area (Å²) < 4.78 is 0. The van der Waals surface area contributed by atoms with Gasteiger partial charge in [0.25, 0.3) is 0 Å². The Bertz CT molecular complexity index is 492. The van der Waals surface area contributed by atoms with E-state index in [0.29, 0.717) is 0 Å². The molecule has 2 rings (SSSR count). The Morgan fingerprint density at radius 2 is 2.14 bits per heavy atom. The highest BCUT2D eigenvalue weighted by Crippen LogP contribution is 2.29. The van der Waals surface area contributed by atoms with E-state index >= 15 is 0 Å². The molecule has 1 aromatic heterocycles. The predicted molar refractivity (Wildman–Crippen MR) is 61.4 cm³/mol. The number of aromatic amines is 1. The van der Waals surface area contributed by atoms with Crippen molar-refractivity contribution >= 4 is 22.8 Å². The molecule has 14 heavy (non-hydrogen) atoms. The zero-order chi connectivity index (χ0) is 9.97. The van der Waals surface area contributed by atoms with Gasteiger partial charge in [0.15, 0.2) is 0 Å². The summed E-state index contributed by atoms with van der Waals surface area (Å²) in [5.74, 6) is 0. The van der Waals surface area contributed by atoms with E-state index in [1.807, 2.05) is 19.1 Å². The monoisotopic (exact) mass is 184 g/mol. The molecule has 2 nitrogen and oxygen atoms in total. The summed E-state index contributed by atoms with van der Waals surface area (Å²) in [4.78, 5) is 7.63. The average Bonchev–Trinajstić information content (AvgIpc) is 2.51. The molecule has 0 amide bonds. The molecule has 1 heterocycles. The molecule has 0 unspecified atom stereocenters. The van der Waals surface area contributed by atoms with E-state index in [-0.39, 0.29) is 0 Å². The van der Waals surface area contributed by atoms with E-state index in [4.69, 9.17) is 0 Å². The Kier molecular flexibility index (Phi) is 2.19. The van der Waals surface area contributed by atoms with Crippen molar-refractivity contribution in [2.75, 3.05) is 0 Å². The van der Waals surface area contributed by atoms with E-state index in [0.717, 1.165) is 22.3 Å². The number of aryl methyl sites for hydroxylation is 1. The third-order valence-corrected chi connectivity index (χ3v) is 2.17. The topological polar surface area (TPSA) is 28.1 Å². The van der Waals surface area contributed by atoms with E-state index in [1.54, 1.807) is 12.3 Å². The number of para-hydroxylation sites is 1. The number of aromatic nitrogens is 1. The number of aliphatic imine (C=N–C) groups is 1. The highest BCUT2D eigenvalue weighted by Gasteiger charge is 2.04. The molecule has 0 bridgehead atoms. The highest BCUT2D eigenvalue weighted by atomic mass is 14.8. The van der Waals surface area contributed by atoms with Gasteiger partial charge in [-0.2, -0.15) is 0 Å². The van der Waals surface area contributed by atoms with Crippen LogP contribution < -0.4 is 0 Å². The minimum absolute atomic E-state index is 1.00. The predicted octanol–water partition coefficient (Wildman–Crippen LogP) is 3.36. The van der Waals surface area contributed by atoms with Gasteiger partial charge in [-0.3, -0.25) is 4.99 Å². The maximum Gasteiger partial charge on any atom is 0.0912 e. The van der Waals surface area contributed by atoms with Crippen LogP contribution in [0.15, 0.2) is 41.9 Å². The SMILES string of the molecule is C=CC=Nc1c(C)[nH]c2ccccc12. The van der Waals surface area contributed by atoms with Gasteiger partial charge in [0.2, 0.25) is 0 Å². The van der Waals surface area contributed by atoms with Gasteiger partial charge in [-0.05, 0) is 13.0 Å². The lowest BCUT2D eigenvalue weighted by Crippen LogP contribution is -1.68. The second kappa shape index (κ2) is 3.50. The van der Waals surface area contributed by atoms with Crippen molar-refractivity contribution in [3.05, 3.63) is 42.6 Å². The fourth-order valence-electron chi connectivity index (χ4n) is 1.56. The lowest BCUT2D eigenvalue weighted by molar-refractivity contribution is 1.29. The van der Waals surface area contributed by atoms with Gasteiger partial charge in [-0.15, -0.1) is 0 Å². The molecule has 1 aromatic carbocycles. The van der Waals surface area contributed by atoms with Gasteiger partial charge in [0.1, 0.15) is 0 Å². The Morgan fingerprint density at radius 3 is 2.93 bits per heavy atom. The van der Waals surface area contributed by atoms with Crippen LogP contribution in [0.1, 0.15) is 5.69 Å². The number of nitrogens with zero attached hydrogens (tertiary/aromatic N) is 1. The Labute approximate surface area is 83.0 Å². The Balaban J connectivity index is 2.67. The van der Waals surface area contributed by atoms with Crippen LogP contribution in [0.25, 0.3) is 10.9 Å². The molecule has 0 radical (unpaired) electrons. The van der Waals surface area contributed by atoms with Crippen molar-refractivity contribution in [3.8, 4) is 0 Å². The molecule has 1 N–H and O–H groups in total. The van der Waals surface area contributed by atoms with E-state index in [2.05, 4.69) is 28.7 Å². The highest BCUT2D eigenvalue weighted by molar-refractivity contribution is 5.94. The summed E-state index contributed by atoms with van der Waals surface area (Å²) in [5, 5.41) is 1.16. The standard InChI is InChI=1S/C12H12N2/c1-3-8-13-12-9(2)14-11-7-5-4-6-10(11)12/h3-8,14H,1H2,2H3. The summed E-state index contributed by atoms with van der Waals surface area (Å²) in [6, 6.07) is 8.14. The van der Waals surface area contributed by atoms with Crippen LogP contribution in [-0.4, -0.2) is 11.2 Å². The maximum absolute atomic E-state index is 4.34. The number of benzene rings is 1. The summed E-state index contributed by atoms with van der Waals surface area (Å²) in [5.41, 5.74) is 3.21. The molecule has 0 aliphatic rings. The smallest absolute Gasteiger partial charge is 0.0912 e. The van der Waals surface area contributed by atoms with Crippen LogP contribution in [0.4, 0.5) is 5.69 Å². The van der Waals surface area contributed by atoms with Crippen molar-refractivity contribution in [1.82, 2.24) is 4.98 Å². The third kappa shape index (κ3) is 1.35. The first-order valence-electron chi connectivity index (χ1n) is 4.55. The molecular formula is C12H12N2. The second-order valence-corrected chi connectivity index (χ2v) is 3.16. The fraction of sp³-hybridized carbons (Fsp3) is 0.0833. The van der Waals surface area contributed by atoms with Crippen LogP contribution in [0.5, 0.6) is 0 Å². The fourth-order valence-corrected chi connectivity index (χ4v) is 1.56. The lowest BCUT2D eigenvalue weighted by Gasteiger charge is -1.90. The number of nitrogens with one attached hydrogen (secondary N) is 1. The average molecular weight is 184 g/mol. The zero-order valence-electron chi connectivity index (χ0n) is 8.12. The molecule has 0 saturated heterocycles. The summed E-state index contributed by atoms with van der Waals surface area (Å²) in [6.07, 6.45) is 3.39. The van der Waals surface area contributed by atoms with Crippen LogP contribution in [0.3, 0.4) is 0 Å². The molecule has 70 valence electrons.